The van der Waals surface area contributed by atoms with E-state index in [-0.39, 0.29) is 5.56 Å². The average molecular weight is 333 g/mol. The summed E-state index contributed by atoms with van der Waals surface area (Å²) < 4.78 is 6.39. The largest absolute Gasteiger partial charge is 0.452 e. The molecule has 2 rings (SSSR count). The number of carbonyl (C=O) groups is 3. The van der Waals surface area contributed by atoms with Gasteiger partial charge >= 0.3 is 12.0 Å². The molecule has 9 nitrogen and oxygen atoms in total. The summed E-state index contributed by atoms with van der Waals surface area (Å²) in [6.07, 6.45) is 4.93. The van der Waals surface area contributed by atoms with E-state index in [0.29, 0.717) is 17.9 Å². The summed E-state index contributed by atoms with van der Waals surface area (Å²) in [5.41, 5.74) is 0.977. The number of hydrogen-bond acceptors (Lipinski definition) is 6. The Hall–Kier alpha value is -2.97. The number of ether oxygens (including phenoxy) is 1. The maximum absolute atomic E-state index is 12.1. The van der Waals surface area contributed by atoms with E-state index in [2.05, 4.69) is 20.7 Å². The Kier molecular flexibility index (Phi) is 5.83. The Morgan fingerprint density at radius 3 is 2.88 bits per heavy atom. The Morgan fingerprint density at radius 2 is 2.12 bits per heavy atom. The first-order valence-electron chi connectivity index (χ1n) is 7.57. The van der Waals surface area contributed by atoms with E-state index in [1.54, 1.807) is 19.2 Å². The molecule has 3 amide bonds. The van der Waals surface area contributed by atoms with Gasteiger partial charge in [0.2, 0.25) is 0 Å². The second-order valence-electron chi connectivity index (χ2n) is 5.08. The van der Waals surface area contributed by atoms with Crippen molar-refractivity contribution in [3.05, 3.63) is 29.7 Å². The second kappa shape index (κ2) is 8.04. The van der Waals surface area contributed by atoms with Crippen LogP contribution in [0.1, 0.15) is 35.8 Å². The van der Waals surface area contributed by atoms with Crippen LogP contribution < -0.4 is 10.6 Å². The van der Waals surface area contributed by atoms with Crippen LogP contribution in [0.2, 0.25) is 0 Å². The van der Waals surface area contributed by atoms with Crippen LogP contribution in [0.3, 0.4) is 0 Å². The molecule has 0 aliphatic carbocycles. The quantitative estimate of drug-likeness (QED) is 0.597. The molecule has 0 spiro atoms. The number of fused-ring (bicyclic) bond motifs is 1. The summed E-state index contributed by atoms with van der Waals surface area (Å²) in [5, 5.41) is 8.76. The molecule has 24 heavy (non-hydrogen) atoms. The molecule has 9 heteroatoms. The van der Waals surface area contributed by atoms with Crippen LogP contribution in [-0.4, -0.2) is 45.7 Å². The lowest BCUT2D eigenvalue weighted by Crippen LogP contribution is -2.41. The molecular formula is C15H19N5O4. The minimum Gasteiger partial charge on any atom is -0.452 e. The molecule has 0 aromatic carbocycles. The first-order chi connectivity index (χ1) is 11.5. The highest BCUT2D eigenvalue weighted by atomic mass is 16.5. The number of esters is 1. The molecule has 2 aromatic rings. The van der Waals surface area contributed by atoms with Gasteiger partial charge in [-0.05, 0) is 19.4 Å². The zero-order valence-corrected chi connectivity index (χ0v) is 13.5. The smallest absolute Gasteiger partial charge is 0.344 e. The van der Waals surface area contributed by atoms with E-state index in [1.165, 1.54) is 10.7 Å². The number of imide groups is 1. The highest BCUT2D eigenvalue weighted by Gasteiger charge is 2.20. The van der Waals surface area contributed by atoms with Crippen LogP contribution >= 0.6 is 0 Å². The van der Waals surface area contributed by atoms with Gasteiger partial charge in [0.05, 0.1) is 5.69 Å². The van der Waals surface area contributed by atoms with E-state index in [0.717, 1.165) is 12.8 Å². The number of nitrogens with one attached hydrogen (secondary N) is 2. The van der Waals surface area contributed by atoms with Crippen LogP contribution in [0.5, 0.6) is 0 Å². The van der Waals surface area contributed by atoms with Crippen molar-refractivity contribution in [2.75, 3.05) is 13.2 Å². The molecule has 0 atom stereocenters. The van der Waals surface area contributed by atoms with E-state index >= 15 is 0 Å². The van der Waals surface area contributed by atoms with Gasteiger partial charge in [0.1, 0.15) is 5.56 Å². The van der Waals surface area contributed by atoms with Crippen LogP contribution in [0, 0.1) is 6.92 Å². The molecule has 0 saturated carbocycles. The lowest BCUT2D eigenvalue weighted by molar-refractivity contribution is -0.123. The van der Waals surface area contributed by atoms with Crippen molar-refractivity contribution in [2.45, 2.75) is 26.7 Å². The average Bonchev–Trinajstić information content (AvgIpc) is 2.88. The topological polar surface area (TPSA) is 115 Å². The third-order valence-electron chi connectivity index (χ3n) is 3.18. The maximum Gasteiger partial charge on any atom is 0.344 e. The lowest BCUT2D eigenvalue weighted by atomic mass is 10.2. The van der Waals surface area contributed by atoms with Crippen molar-refractivity contribution in [3.63, 3.8) is 0 Å². The monoisotopic (exact) mass is 333 g/mol. The first-order valence-corrected chi connectivity index (χ1v) is 7.57. The minimum atomic E-state index is -0.720. The Bertz CT molecular complexity index is 755. The van der Waals surface area contributed by atoms with Crippen LogP contribution in [-0.2, 0) is 9.53 Å². The molecular weight excluding hydrogens is 314 g/mol. The number of urea groups is 1. The van der Waals surface area contributed by atoms with Crippen molar-refractivity contribution in [3.8, 4) is 0 Å². The number of aryl methyl sites for hydroxylation is 1. The Balaban J connectivity index is 1.89. The summed E-state index contributed by atoms with van der Waals surface area (Å²) in [6.45, 7) is 3.54. The minimum absolute atomic E-state index is 0.191. The highest BCUT2D eigenvalue weighted by Crippen LogP contribution is 2.13. The van der Waals surface area contributed by atoms with E-state index in [4.69, 9.17) is 4.74 Å². The summed E-state index contributed by atoms with van der Waals surface area (Å²) in [7, 11) is 0. The van der Waals surface area contributed by atoms with Crippen LogP contribution in [0.15, 0.2) is 18.5 Å². The molecule has 0 saturated heterocycles. The molecule has 2 aromatic heterocycles. The lowest BCUT2D eigenvalue weighted by Gasteiger charge is -2.07. The molecule has 0 bridgehead atoms. The van der Waals surface area contributed by atoms with E-state index < -0.39 is 24.5 Å². The normalized spacial score (nSPS) is 10.4. The Labute approximate surface area is 138 Å². The van der Waals surface area contributed by atoms with Gasteiger partial charge in [-0.3, -0.25) is 10.1 Å². The molecule has 2 N–H and O–H groups in total. The summed E-state index contributed by atoms with van der Waals surface area (Å²) in [5.74, 6) is -1.43. The number of hydrogen-bond donors (Lipinski definition) is 2. The van der Waals surface area contributed by atoms with E-state index in [1.807, 2.05) is 6.92 Å². The number of amides is 3. The summed E-state index contributed by atoms with van der Waals surface area (Å²) in [4.78, 5) is 39.3. The zero-order valence-electron chi connectivity index (χ0n) is 13.5. The molecule has 0 unspecified atom stereocenters. The first kappa shape index (κ1) is 17.4. The summed E-state index contributed by atoms with van der Waals surface area (Å²) in [6, 6.07) is 1.07. The van der Waals surface area contributed by atoms with Gasteiger partial charge in [-0.25, -0.2) is 19.1 Å². The Morgan fingerprint density at radius 1 is 1.33 bits per heavy atom. The van der Waals surface area contributed by atoms with Gasteiger partial charge in [0, 0.05) is 18.9 Å². The SMILES string of the molecule is CCCCNC(=O)NC(=O)COC(=O)c1c(C)nn2cccnc12. The van der Waals surface area contributed by atoms with Gasteiger partial charge in [-0.1, -0.05) is 13.3 Å². The van der Waals surface area contributed by atoms with Gasteiger partial charge in [0.25, 0.3) is 5.91 Å². The number of aromatic nitrogens is 3. The highest BCUT2D eigenvalue weighted by molar-refractivity contribution is 5.99. The van der Waals surface area contributed by atoms with Crippen molar-refractivity contribution in [2.24, 2.45) is 0 Å². The maximum atomic E-state index is 12.1. The third-order valence-corrected chi connectivity index (χ3v) is 3.18. The van der Waals surface area contributed by atoms with Crippen molar-refractivity contribution in [1.82, 2.24) is 25.2 Å². The summed E-state index contributed by atoms with van der Waals surface area (Å²) >= 11 is 0. The molecule has 128 valence electrons. The van der Waals surface area contributed by atoms with Crippen molar-refractivity contribution >= 4 is 23.6 Å². The standard InChI is InChI=1S/C15H19N5O4/c1-3-4-6-17-15(23)18-11(21)9-24-14(22)12-10(2)19-20-8-5-7-16-13(12)20/h5,7-8H,3-4,6,9H2,1-2H3,(H2,17,18,21,23). The molecule has 0 fully saturated rings. The molecule has 0 radical (unpaired) electrons. The molecule has 0 aliphatic heterocycles. The molecule has 0 aliphatic rings. The van der Waals surface area contributed by atoms with Crippen molar-refractivity contribution in [1.29, 1.82) is 0 Å². The molecule has 2 heterocycles. The zero-order chi connectivity index (χ0) is 17.5. The van der Waals surface area contributed by atoms with Gasteiger partial charge in [-0.2, -0.15) is 5.10 Å². The van der Waals surface area contributed by atoms with Gasteiger partial charge in [0.15, 0.2) is 12.3 Å². The number of carbonyl (C=O) groups excluding carboxylic acids is 3. The second-order valence-corrected chi connectivity index (χ2v) is 5.08. The number of nitrogens with zero attached hydrogens (tertiary/aromatic N) is 3. The number of unbranched alkanes of at least 4 members (excludes halogenated alkanes) is 1. The fourth-order valence-electron chi connectivity index (χ4n) is 2.02. The predicted molar refractivity (Wildman–Crippen MR) is 84.5 cm³/mol. The fraction of sp³-hybridized carbons (Fsp3) is 0.400. The van der Waals surface area contributed by atoms with Crippen molar-refractivity contribution < 1.29 is 19.1 Å². The predicted octanol–water partition coefficient (Wildman–Crippen LogP) is 0.820. The van der Waals surface area contributed by atoms with Crippen LogP contribution in [0.4, 0.5) is 4.79 Å². The fourth-order valence-corrected chi connectivity index (χ4v) is 2.02. The van der Waals surface area contributed by atoms with Gasteiger partial charge < -0.3 is 10.1 Å². The van der Waals surface area contributed by atoms with Crippen LogP contribution in [0.25, 0.3) is 5.65 Å². The van der Waals surface area contributed by atoms with Gasteiger partial charge in [-0.15, -0.1) is 0 Å². The van der Waals surface area contributed by atoms with E-state index in [9.17, 15) is 14.4 Å². The number of rotatable bonds is 6. The third kappa shape index (κ3) is 4.28.